The van der Waals surface area contributed by atoms with Crippen LogP contribution in [-0.4, -0.2) is 34.9 Å². The molecule has 134 valence electrons. The van der Waals surface area contributed by atoms with E-state index in [4.69, 9.17) is 0 Å². The van der Waals surface area contributed by atoms with Crippen LogP contribution in [0.5, 0.6) is 0 Å². The Morgan fingerprint density at radius 3 is 1.72 bits per heavy atom. The molecule has 2 rings (SSSR count). The van der Waals surface area contributed by atoms with Crippen LogP contribution in [0.3, 0.4) is 0 Å². The van der Waals surface area contributed by atoms with Crippen LogP contribution < -0.4 is 56.5 Å². The van der Waals surface area contributed by atoms with Gasteiger partial charge < -0.3 is 10.2 Å². The number of sulfonamides is 1. The topological polar surface area (TPSA) is 97.7 Å². The molecule has 0 saturated carbocycles. The summed E-state index contributed by atoms with van der Waals surface area (Å²) in [4.78, 5) is 11.7. The molecule has 0 aliphatic carbocycles. The maximum absolute atomic E-state index is 12.4. The van der Waals surface area contributed by atoms with Crippen molar-refractivity contribution in [1.29, 1.82) is 0 Å². The first-order valence-corrected chi connectivity index (χ1v) is 8.90. The van der Waals surface area contributed by atoms with Crippen LogP contribution in [0, 0.1) is 0 Å². The Bertz CT molecular complexity index is 737. The number of nitrogens with zero attached hydrogens (tertiary/aromatic N) is 1. The molecule has 1 aliphatic rings. The fourth-order valence-electron chi connectivity index (χ4n) is 2.06. The van der Waals surface area contributed by atoms with E-state index in [1.165, 1.54) is 0 Å². The molecule has 25 heavy (non-hydrogen) atoms. The monoisotopic (exact) mass is 393 g/mol. The van der Waals surface area contributed by atoms with E-state index >= 15 is 0 Å². The second-order valence-electron chi connectivity index (χ2n) is 7.40. The Hall–Kier alpha value is -0.224. The first-order chi connectivity index (χ1) is 10.7. The molecule has 0 atom stereocenters. The van der Waals surface area contributed by atoms with Crippen molar-refractivity contribution in [3.63, 3.8) is 0 Å². The van der Waals surface area contributed by atoms with Gasteiger partial charge >= 0.3 is 57.3 Å². The van der Waals surface area contributed by atoms with Crippen LogP contribution in [0.4, 0.5) is 0 Å². The number of carbonyl (C=O) groups is 1. The first-order valence-electron chi connectivity index (χ1n) is 7.46. The maximum Gasteiger partial charge on any atom is 1.00 e. The number of benzene rings is 1. The molecule has 1 amide bonds. The molecule has 0 bridgehead atoms. The van der Waals surface area contributed by atoms with Gasteiger partial charge in [-0.25, -0.2) is 12.7 Å². The minimum atomic E-state index is -4.02. The van der Waals surface area contributed by atoms with Gasteiger partial charge in [-0.2, -0.15) is 0 Å². The average molecular weight is 394 g/mol. The third kappa shape index (κ3) is 6.46. The Balaban J connectivity index is 0.000000848. The number of carbonyl (C=O) groups excluding carboxylic acids is 1. The van der Waals surface area contributed by atoms with Gasteiger partial charge in [-0.15, -0.1) is 5.60 Å². The zero-order valence-electron chi connectivity index (χ0n) is 15.8. The van der Waals surface area contributed by atoms with E-state index < -0.39 is 32.8 Å². The molecule has 0 spiro atoms. The van der Waals surface area contributed by atoms with Crippen LogP contribution in [0.2, 0.25) is 0 Å². The molecule has 1 aromatic carbocycles. The van der Waals surface area contributed by atoms with Crippen LogP contribution in [0.15, 0.2) is 36.1 Å². The molecule has 0 unspecified atom stereocenters. The molecule has 0 fully saturated rings. The van der Waals surface area contributed by atoms with E-state index in [0.717, 1.165) is 4.31 Å². The first kappa shape index (κ1) is 24.8. The van der Waals surface area contributed by atoms with Gasteiger partial charge in [0, 0.05) is 0 Å². The molecule has 1 aliphatic heterocycles. The predicted octanol–water partition coefficient (Wildman–Crippen LogP) is -0.967. The summed E-state index contributed by atoms with van der Waals surface area (Å²) in [6, 6.07) is 8.11. The standard InChI is InChI=1S/C13H15NO4S.C4H9O.K/c1-13(2,3)14-12(16)10(15)11(19(14,17)18)9-7-5-4-6-8-9;1-4(2,3)5;/h4-8,15H,1-3H3;1-3H3;/q;-1;+1. The average Bonchev–Trinajstić information content (AvgIpc) is 2.53. The molecule has 0 radical (unpaired) electrons. The van der Waals surface area contributed by atoms with Gasteiger partial charge in [-0.3, -0.25) is 4.79 Å². The fraction of sp³-hybridized carbons (Fsp3) is 0.471. The van der Waals surface area contributed by atoms with Crippen molar-refractivity contribution < 1.29 is 74.8 Å². The smallest absolute Gasteiger partial charge is 0.850 e. The summed E-state index contributed by atoms with van der Waals surface area (Å²) in [6.45, 7) is 9.70. The van der Waals surface area contributed by atoms with Crippen molar-refractivity contribution in [2.45, 2.75) is 52.7 Å². The van der Waals surface area contributed by atoms with Gasteiger partial charge in [-0.1, -0.05) is 51.1 Å². The van der Waals surface area contributed by atoms with Crippen molar-refractivity contribution >= 4 is 20.8 Å². The van der Waals surface area contributed by atoms with E-state index in [9.17, 15) is 23.4 Å². The zero-order chi connectivity index (χ0) is 18.9. The summed E-state index contributed by atoms with van der Waals surface area (Å²) >= 11 is 0. The van der Waals surface area contributed by atoms with E-state index in [0.29, 0.717) is 5.56 Å². The molecule has 1 N–H and O–H groups in total. The van der Waals surface area contributed by atoms with Gasteiger partial charge in [0.15, 0.2) is 0 Å². The van der Waals surface area contributed by atoms with Gasteiger partial charge in [0.2, 0.25) is 5.76 Å². The van der Waals surface area contributed by atoms with Crippen LogP contribution in [0.1, 0.15) is 47.1 Å². The van der Waals surface area contributed by atoms with E-state index in [-0.39, 0.29) is 56.3 Å². The molecule has 6 nitrogen and oxygen atoms in total. The molecule has 1 heterocycles. The van der Waals surface area contributed by atoms with Crippen LogP contribution in [0.25, 0.3) is 4.91 Å². The summed E-state index contributed by atoms with van der Waals surface area (Å²) in [5.41, 5.74) is -1.37. The summed E-state index contributed by atoms with van der Waals surface area (Å²) in [6.07, 6.45) is 0. The summed E-state index contributed by atoms with van der Waals surface area (Å²) in [5, 5.41) is 20.0. The predicted molar refractivity (Wildman–Crippen MR) is 91.3 cm³/mol. The quantitative estimate of drug-likeness (QED) is 0.620. The van der Waals surface area contributed by atoms with Gasteiger partial charge in [0.25, 0.3) is 10.0 Å². The maximum atomic E-state index is 12.4. The third-order valence-electron chi connectivity index (χ3n) is 2.75. The van der Waals surface area contributed by atoms with Crippen LogP contribution >= 0.6 is 0 Å². The van der Waals surface area contributed by atoms with Crippen molar-refractivity contribution in [2.24, 2.45) is 0 Å². The minimum Gasteiger partial charge on any atom is -0.850 e. The largest absolute Gasteiger partial charge is 1.00 e. The number of aliphatic hydroxyl groups is 1. The van der Waals surface area contributed by atoms with Gasteiger partial charge in [-0.05, 0) is 26.3 Å². The summed E-state index contributed by atoms with van der Waals surface area (Å²) < 4.78 is 25.6. The number of aliphatic hydroxyl groups excluding tert-OH is 1. The zero-order valence-corrected chi connectivity index (χ0v) is 19.8. The van der Waals surface area contributed by atoms with E-state index in [1.54, 1.807) is 71.9 Å². The van der Waals surface area contributed by atoms with Crippen molar-refractivity contribution in [2.75, 3.05) is 0 Å². The Kier molecular flexibility index (Phi) is 8.57. The summed E-state index contributed by atoms with van der Waals surface area (Å²) in [5.74, 6) is -1.60. The number of rotatable bonds is 1. The number of amides is 1. The number of hydrogen-bond donors (Lipinski definition) is 1. The van der Waals surface area contributed by atoms with Crippen molar-refractivity contribution in [1.82, 2.24) is 4.31 Å². The normalized spacial score (nSPS) is 16.9. The Morgan fingerprint density at radius 2 is 1.40 bits per heavy atom. The Labute approximate surface area is 192 Å². The minimum absolute atomic E-state index is 0. The molecule has 0 aromatic heterocycles. The molecule has 0 saturated heterocycles. The second-order valence-corrected chi connectivity index (χ2v) is 9.13. The molecule has 8 heteroatoms. The van der Waals surface area contributed by atoms with E-state index in [1.807, 2.05) is 0 Å². The van der Waals surface area contributed by atoms with Gasteiger partial charge in [0.1, 0.15) is 4.91 Å². The number of hydrogen-bond acceptors (Lipinski definition) is 5. The van der Waals surface area contributed by atoms with Crippen LogP contribution in [-0.2, 0) is 14.8 Å². The molecule has 1 aromatic rings. The third-order valence-corrected chi connectivity index (χ3v) is 4.88. The molecular formula is C17H24KNO5S. The Morgan fingerprint density at radius 1 is 1.00 bits per heavy atom. The molecular weight excluding hydrogens is 369 g/mol. The van der Waals surface area contributed by atoms with E-state index in [2.05, 4.69) is 0 Å². The van der Waals surface area contributed by atoms with Crippen molar-refractivity contribution in [3.8, 4) is 0 Å². The SMILES string of the molecule is CC(C)(C)N1C(=O)C(O)=C(c2ccccc2)S1(=O)=O.CC(C)(C)[O-].[K+]. The second kappa shape index (κ2) is 8.64. The van der Waals surface area contributed by atoms with Gasteiger partial charge in [0.05, 0.1) is 5.54 Å². The summed E-state index contributed by atoms with van der Waals surface area (Å²) in [7, 11) is -4.02. The van der Waals surface area contributed by atoms with Crippen molar-refractivity contribution in [3.05, 3.63) is 41.7 Å². The fourth-order valence-corrected chi connectivity index (χ4v) is 4.03.